The van der Waals surface area contributed by atoms with Gasteiger partial charge in [-0.3, -0.25) is 0 Å². The van der Waals surface area contributed by atoms with Crippen molar-refractivity contribution in [3.8, 4) is 10.4 Å². The van der Waals surface area contributed by atoms with Gasteiger partial charge in [0.15, 0.2) is 0 Å². The lowest BCUT2D eigenvalue weighted by molar-refractivity contribution is 0.0233. The Balaban J connectivity index is 2.14. The van der Waals surface area contributed by atoms with E-state index in [2.05, 4.69) is 4.98 Å². The number of hydrogen-bond acceptors (Lipinski definition) is 5. The van der Waals surface area contributed by atoms with Gasteiger partial charge in [0.2, 0.25) is 0 Å². The normalized spacial score (nSPS) is 12.5. The van der Waals surface area contributed by atoms with Gasteiger partial charge in [-0.25, -0.2) is 14.6 Å². The lowest BCUT2D eigenvalue weighted by atomic mass is 10.1. The van der Waals surface area contributed by atoms with Crippen molar-refractivity contribution in [2.75, 3.05) is 7.05 Å². The molecule has 7 heteroatoms. The van der Waals surface area contributed by atoms with Crippen molar-refractivity contribution < 1.29 is 19.4 Å². The monoisotopic (exact) mass is 362 g/mol. The molecule has 0 saturated heterocycles. The first kappa shape index (κ1) is 18.9. The molecule has 1 heterocycles. The molecule has 1 atom stereocenters. The van der Waals surface area contributed by atoms with Gasteiger partial charge in [-0.15, -0.1) is 11.3 Å². The molecule has 6 nitrogen and oxygen atoms in total. The van der Waals surface area contributed by atoms with E-state index in [1.807, 2.05) is 27.7 Å². The second kappa shape index (κ2) is 7.23. The average Bonchev–Trinajstić information content (AvgIpc) is 3.01. The van der Waals surface area contributed by atoms with E-state index in [0.717, 1.165) is 15.4 Å². The molecule has 2 aromatic rings. The lowest BCUT2D eigenvalue weighted by Crippen LogP contribution is -2.35. The summed E-state index contributed by atoms with van der Waals surface area (Å²) in [7, 11) is 1.68. The van der Waals surface area contributed by atoms with Crippen LogP contribution in [0.4, 0.5) is 4.79 Å². The molecule has 134 valence electrons. The van der Waals surface area contributed by atoms with Crippen LogP contribution in [-0.2, 0) is 4.74 Å². The number of carboxylic acids is 1. The van der Waals surface area contributed by atoms with Gasteiger partial charge in [0, 0.05) is 13.2 Å². The number of aromatic nitrogens is 1. The Morgan fingerprint density at radius 1 is 1.24 bits per heavy atom. The number of benzene rings is 1. The second-order valence-electron chi connectivity index (χ2n) is 6.71. The number of nitrogens with zero attached hydrogens (tertiary/aromatic N) is 2. The Morgan fingerprint density at radius 3 is 2.36 bits per heavy atom. The molecule has 1 amide bonds. The molecule has 1 unspecified atom stereocenters. The van der Waals surface area contributed by atoms with Crippen molar-refractivity contribution in [1.82, 2.24) is 9.88 Å². The molecule has 1 aromatic heterocycles. The molecular weight excluding hydrogens is 340 g/mol. The van der Waals surface area contributed by atoms with E-state index in [0.29, 0.717) is 0 Å². The Bertz CT molecular complexity index is 762. The molecule has 0 aliphatic heterocycles. The van der Waals surface area contributed by atoms with Gasteiger partial charge in [-0.1, -0.05) is 12.1 Å². The molecule has 1 N–H and O–H groups in total. The number of rotatable bonds is 4. The summed E-state index contributed by atoms with van der Waals surface area (Å²) in [6, 6.07) is 6.40. The van der Waals surface area contributed by atoms with Gasteiger partial charge < -0.3 is 14.7 Å². The minimum atomic E-state index is -0.954. The van der Waals surface area contributed by atoms with Gasteiger partial charge in [0.1, 0.15) is 10.6 Å². The number of hydrogen-bond donors (Lipinski definition) is 1. The van der Waals surface area contributed by atoms with Crippen LogP contribution in [0.1, 0.15) is 49.1 Å². The van der Waals surface area contributed by atoms with Crippen molar-refractivity contribution in [2.24, 2.45) is 0 Å². The number of carboxylic acid groups (broad SMARTS) is 1. The number of aromatic carboxylic acids is 1. The van der Waals surface area contributed by atoms with E-state index >= 15 is 0 Å². The van der Waals surface area contributed by atoms with Crippen molar-refractivity contribution in [2.45, 2.75) is 39.3 Å². The summed E-state index contributed by atoms with van der Waals surface area (Å²) in [6.07, 6.45) is 1.33. The summed E-state index contributed by atoms with van der Waals surface area (Å²) in [5.74, 6) is -0.954. The first-order valence-electron chi connectivity index (χ1n) is 7.84. The molecular formula is C18H22N2O4S. The summed E-state index contributed by atoms with van der Waals surface area (Å²) >= 11 is 1.46. The minimum absolute atomic E-state index is 0.230. The molecule has 0 fully saturated rings. The molecule has 0 spiro atoms. The number of amides is 1. The summed E-state index contributed by atoms with van der Waals surface area (Å²) in [5, 5.41) is 9.74. The quantitative estimate of drug-likeness (QED) is 0.870. The van der Waals surface area contributed by atoms with E-state index in [4.69, 9.17) is 9.84 Å². The Kier molecular flexibility index (Phi) is 5.47. The van der Waals surface area contributed by atoms with Crippen LogP contribution in [0.15, 0.2) is 30.5 Å². The number of carbonyl (C=O) groups is 2. The fraction of sp³-hybridized carbons (Fsp3) is 0.389. The zero-order chi connectivity index (χ0) is 18.8. The standard InChI is InChI=1S/C18H22N2O4S/c1-11(20(5)17(23)24-18(2,3)4)15-19-10-14(25-15)12-6-8-13(9-7-12)16(21)22/h6-11H,1-5H3,(H,21,22). The van der Waals surface area contributed by atoms with Crippen molar-refractivity contribution in [1.29, 1.82) is 0 Å². The third-order valence-corrected chi connectivity index (χ3v) is 4.78. The van der Waals surface area contributed by atoms with Crippen LogP contribution in [0.2, 0.25) is 0 Å². The molecule has 25 heavy (non-hydrogen) atoms. The smallest absolute Gasteiger partial charge is 0.410 e. The van der Waals surface area contributed by atoms with Crippen LogP contribution >= 0.6 is 11.3 Å². The molecule has 0 aliphatic carbocycles. The summed E-state index contributed by atoms with van der Waals surface area (Å²) in [4.78, 5) is 29.9. The summed E-state index contributed by atoms with van der Waals surface area (Å²) < 4.78 is 5.38. The van der Waals surface area contributed by atoms with E-state index in [9.17, 15) is 9.59 Å². The SMILES string of the molecule is CC(c1ncc(-c2ccc(C(=O)O)cc2)s1)N(C)C(=O)OC(C)(C)C. The largest absolute Gasteiger partial charge is 0.478 e. The van der Waals surface area contributed by atoms with Gasteiger partial charge in [0.05, 0.1) is 16.5 Å². The third kappa shape index (κ3) is 4.79. The zero-order valence-electron chi connectivity index (χ0n) is 14.9. The van der Waals surface area contributed by atoms with Gasteiger partial charge in [-0.2, -0.15) is 0 Å². The number of carbonyl (C=O) groups excluding carboxylic acids is 1. The Hall–Kier alpha value is -2.41. The predicted octanol–water partition coefficient (Wildman–Crippen LogP) is 4.44. The van der Waals surface area contributed by atoms with Crippen LogP contribution in [-0.4, -0.2) is 39.7 Å². The van der Waals surface area contributed by atoms with E-state index in [1.54, 1.807) is 37.5 Å². The zero-order valence-corrected chi connectivity index (χ0v) is 15.8. The Morgan fingerprint density at radius 2 is 1.84 bits per heavy atom. The number of thiazole rings is 1. The topological polar surface area (TPSA) is 79.7 Å². The maximum atomic E-state index is 12.2. The van der Waals surface area contributed by atoms with Gasteiger partial charge >= 0.3 is 12.1 Å². The van der Waals surface area contributed by atoms with Crippen LogP contribution in [0.5, 0.6) is 0 Å². The van der Waals surface area contributed by atoms with E-state index in [1.165, 1.54) is 16.2 Å². The molecule has 2 rings (SSSR count). The van der Waals surface area contributed by atoms with Crippen LogP contribution in [0.3, 0.4) is 0 Å². The highest BCUT2D eigenvalue weighted by molar-refractivity contribution is 7.15. The maximum absolute atomic E-state index is 12.2. The first-order chi connectivity index (χ1) is 11.6. The van der Waals surface area contributed by atoms with Crippen molar-refractivity contribution in [3.63, 3.8) is 0 Å². The maximum Gasteiger partial charge on any atom is 0.410 e. The van der Waals surface area contributed by atoms with Crippen LogP contribution in [0, 0.1) is 0 Å². The Labute approximate surface area is 151 Å². The fourth-order valence-electron chi connectivity index (χ4n) is 2.05. The van der Waals surface area contributed by atoms with Crippen LogP contribution in [0.25, 0.3) is 10.4 Å². The minimum Gasteiger partial charge on any atom is -0.478 e. The summed E-state index contributed by atoms with van der Waals surface area (Å²) in [5.41, 5.74) is 0.581. The second-order valence-corrected chi connectivity index (χ2v) is 7.77. The van der Waals surface area contributed by atoms with E-state index < -0.39 is 17.7 Å². The number of ether oxygens (including phenoxy) is 1. The highest BCUT2D eigenvalue weighted by atomic mass is 32.1. The molecule has 0 aliphatic rings. The molecule has 1 aromatic carbocycles. The average molecular weight is 362 g/mol. The first-order valence-corrected chi connectivity index (χ1v) is 8.65. The molecule has 0 bridgehead atoms. The van der Waals surface area contributed by atoms with Gasteiger partial charge in [-0.05, 0) is 45.4 Å². The summed E-state index contributed by atoms with van der Waals surface area (Å²) in [6.45, 7) is 7.36. The molecule has 0 radical (unpaired) electrons. The molecule has 0 saturated carbocycles. The third-order valence-electron chi connectivity index (χ3n) is 3.56. The highest BCUT2D eigenvalue weighted by Crippen LogP contribution is 2.31. The van der Waals surface area contributed by atoms with Crippen molar-refractivity contribution in [3.05, 3.63) is 41.0 Å². The van der Waals surface area contributed by atoms with Crippen molar-refractivity contribution >= 4 is 23.4 Å². The van der Waals surface area contributed by atoms with Crippen LogP contribution < -0.4 is 0 Å². The van der Waals surface area contributed by atoms with E-state index in [-0.39, 0.29) is 11.6 Å². The lowest BCUT2D eigenvalue weighted by Gasteiger charge is -2.27. The highest BCUT2D eigenvalue weighted by Gasteiger charge is 2.25. The predicted molar refractivity (Wildman–Crippen MR) is 96.9 cm³/mol. The fourth-order valence-corrected chi connectivity index (χ4v) is 3.07. The van der Waals surface area contributed by atoms with Gasteiger partial charge in [0.25, 0.3) is 0 Å².